The summed E-state index contributed by atoms with van der Waals surface area (Å²) in [5.74, 6) is 1.80. The van der Waals surface area contributed by atoms with Crippen LogP contribution in [0.25, 0.3) is 0 Å². The van der Waals surface area contributed by atoms with Crippen molar-refractivity contribution >= 4 is 17.6 Å². The summed E-state index contributed by atoms with van der Waals surface area (Å²) in [4.78, 5) is 7.89. The van der Waals surface area contributed by atoms with Crippen molar-refractivity contribution in [1.29, 1.82) is 0 Å². The van der Waals surface area contributed by atoms with E-state index in [1.165, 1.54) is 0 Å². The lowest BCUT2D eigenvalue weighted by Crippen LogP contribution is -2.04. The molecule has 3 nitrogen and oxygen atoms in total. The Kier molecular flexibility index (Phi) is 4.13. The molecule has 0 bridgehead atoms. The molecule has 1 aromatic rings. The molecular formula is C9H14FN3S. The van der Waals surface area contributed by atoms with Gasteiger partial charge in [-0.25, -0.2) is 14.4 Å². The highest BCUT2D eigenvalue weighted by Gasteiger charge is 2.07. The fourth-order valence-corrected chi connectivity index (χ4v) is 1.76. The lowest BCUT2D eigenvalue weighted by Gasteiger charge is -2.03. The Morgan fingerprint density at radius 3 is 2.71 bits per heavy atom. The number of nitrogen functional groups attached to an aromatic ring is 1. The van der Waals surface area contributed by atoms with Crippen molar-refractivity contribution in [3.63, 3.8) is 0 Å². The quantitative estimate of drug-likeness (QED) is 0.782. The van der Waals surface area contributed by atoms with E-state index < -0.39 is 5.82 Å². The molecule has 0 fully saturated rings. The predicted octanol–water partition coefficient (Wildman–Crippen LogP) is 2.15. The Labute approximate surface area is 87.3 Å². The number of anilines is 1. The molecule has 0 aliphatic heterocycles. The minimum atomic E-state index is -0.505. The van der Waals surface area contributed by atoms with Crippen LogP contribution in [-0.4, -0.2) is 15.7 Å². The molecule has 5 heteroatoms. The predicted molar refractivity (Wildman–Crippen MR) is 57.6 cm³/mol. The molecule has 0 radical (unpaired) electrons. The van der Waals surface area contributed by atoms with Crippen LogP contribution in [0.5, 0.6) is 0 Å². The van der Waals surface area contributed by atoms with Gasteiger partial charge in [-0.2, -0.15) is 11.8 Å². The Bertz CT molecular complexity index is 294. The zero-order valence-corrected chi connectivity index (χ0v) is 9.20. The molecule has 2 N–H and O–H groups in total. The number of aryl methyl sites for hydroxylation is 1. The summed E-state index contributed by atoms with van der Waals surface area (Å²) < 4.78 is 13.0. The van der Waals surface area contributed by atoms with Crippen LogP contribution in [0.2, 0.25) is 0 Å². The Morgan fingerprint density at radius 2 is 2.14 bits per heavy atom. The molecule has 1 heterocycles. The van der Waals surface area contributed by atoms with Gasteiger partial charge >= 0.3 is 0 Å². The largest absolute Gasteiger partial charge is 0.381 e. The number of nitrogens with two attached hydrogens (primary N) is 1. The number of aromatic nitrogens is 2. The summed E-state index contributed by atoms with van der Waals surface area (Å²) in [6, 6.07) is 0. The van der Waals surface area contributed by atoms with E-state index in [0.29, 0.717) is 17.3 Å². The molecule has 1 aromatic heterocycles. The van der Waals surface area contributed by atoms with Gasteiger partial charge in [-0.3, -0.25) is 0 Å². The van der Waals surface area contributed by atoms with Gasteiger partial charge in [0.2, 0.25) is 0 Å². The SMILES string of the molecule is CCCSCc1nc(C)c(F)c(N)n1. The second-order valence-electron chi connectivity index (χ2n) is 2.98. The van der Waals surface area contributed by atoms with Crippen molar-refractivity contribution in [2.24, 2.45) is 0 Å². The number of hydrogen-bond acceptors (Lipinski definition) is 4. The smallest absolute Gasteiger partial charge is 0.186 e. The van der Waals surface area contributed by atoms with Crippen LogP contribution >= 0.6 is 11.8 Å². The third-order valence-electron chi connectivity index (χ3n) is 1.67. The highest BCUT2D eigenvalue weighted by Crippen LogP contribution is 2.14. The maximum Gasteiger partial charge on any atom is 0.186 e. The van der Waals surface area contributed by atoms with Crippen molar-refractivity contribution in [3.05, 3.63) is 17.3 Å². The zero-order valence-electron chi connectivity index (χ0n) is 8.38. The Hall–Kier alpha value is -0.840. The highest BCUT2D eigenvalue weighted by atomic mass is 32.2. The van der Waals surface area contributed by atoms with Crippen LogP contribution in [-0.2, 0) is 5.75 Å². The summed E-state index contributed by atoms with van der Waals surface area (Å²) in [5, 5.41) is 0. The van der Waals surface area contributed by atoms with Crippen LogP contribution in [0.15, 0.2) is 0 Å². The molecule has 78 valence electrons. The van der Waals surface area contributed by atoms with Gasteiger partial charge in [0.15, 0.2) is 11.6 Å². The number of halogens is 1. The minimum Gasteiger partial charge on any atom is -0.381 e. The zero-order chi connectivity index (χ0) is 10.6. The fraction of sp³-hybridized carbons (Fsp3) is 0.556. The topological polar surface area (TPSA) is 51.8 Å². The molecule has 0 saturated heterocycles. The number of thioether (sulfide) groups is 1. The van der Waals surface area contributed by atoms with Gasteiger partial charge in [0.1, 0.15) is 5.82 Å². The van der Waals surface area contributed by atoms with Crippen LogP contribution in [0, 0.1) is 12.7 Å². The Morgan fingerprint density at radius 1 is 1.43 bits per heavy atom. The van der Waals surface area contributed by atoms with Gasteiger partial charge in [-0.15, -0.1) is 0 Å². The van der Waals surface area contributed by atoms with E-state index in [-0.39, 0.29) is 5.82 Å². The first-order valence-corrected chi connectivity index (χ1v) is 5.66. The summed E-state index contributed by atoms with van der Waals surface area (Å²) in [6.07, 6.45) is 1.11. The third-order valence-corrected chi connectivity index (χ3v) is 2.83. The summed E-state index contributed by atoms with van der Waals surface area (Å²) >= 11 is 1.73. The average Bonchev–Trinajstić information content (AvgIpc) is 2.14. The minimum absolute atomic E-state index is 0.0513. The second-order valence-corrected chi connectivity index (χ2v) is 4.08. The number of rotatable bonds is 4. The summed E-state index contributed by atoms with van der Waals surface area (Å²) in [6.45, 7) is 3.71. The average molecular weight is 215 g/mol. The van der Waals surface area contributed by atoms with E-state index in [1.807, 2.05) is 0 Å². The van der Waals surface area contributed by atoms with Crippen LogP contribution in [0.3, 0.4) is 0 Å². The van der Waals surface area contributed by atoms with Gasteiger partial charge in [0.05, 0.1) is 11.4 Å². The molecule has 1 rings (SSSR count). The van der Waals surface area contributed by atoms with Crippen molar-refractivity contribution in [1.82, 2.24) is 9.97 Å². The third kappa shape index (κ3) is 2.83. The van der Waals surface area contributed by atoms with Gasteiger partial charge in [0.25, 0.3) is 0 Å². The van der Waals surface area contributed by atoms with Gasteiger partial charge in [0, 0.05) is 0 Å². The number of hydrogen-bond donors (Lipinski definition) is 1. The molecule has 0 aliphatic rings. The molecule has 0 unspecified atom stereocenters. The molecular weight excluding hydrogens is 201 g/mol. The van der Waals surface area contributed by atoms with E-state index in [1.54, 1.807) is 18.7 Å². The molecule has 0 aromatic carbocycles. The normalized spacial score (nSPS) is 10.5. The van der Waals surface area contributed by atoms with Gasteiger partial charge in [-0.1, -0.05) is 6.92 Å². The van der Waals surface area contributed by atoms with Gasteiger partial charge in [-0.05, 0) is 19.1 Å². The van der Waals surface area contributed by atoms with Crippen molar-refractivity contribution in [3.8, 4) is 0 Å². The fourth-order valence-electron chi connectivity index (χ4n) is 1.01. The molecule has 0 aliphatic carbocycles. The molecule has 14 heavy (non-hydrogen) atoms. The first-order chi connectivity index (χ1) is 6.65. The maximum absolute atomic E-state index is 13.0. The van der Waals surface area contributed by atoms with Crippen molar-refractivity contribution in [2.45, 2.75) is 26.0 Å². The van der Waals surface area contributed by atoms with Gasteiger partial charge < -0.3 is 5.73 Å². The first kappa shape index (κ1) is 11.2. The van der Waals surface area contributed by atoms with Crippen molar-refractivity contribution < 1.29 is 4.39 Å². The van der Waals surface area contributed by atoms with E-state index >= 15 is 0 Å². The molecule has 0 spiro atoms. The van der Waals surface area contributed by atoms with E-state index in [4.69, 9.17) is 5.73 Å². The lowest BCUT2D eigenvalue weighted by atomic mass is 10.4. The van der Waals surface area contributed by atoms with E-state index in [0.717, 1.165) is 12.2 Å². The van der Waals surface area contributed by atoms with Crippen molar-refractivity contribution in [2.75, 3.05) is 11.5 Å². The maximum atomic E-state index is 13.0. The standard InChI is InChI=1S/C9H14FN3S/c1-3-4-14-5-7-12-6(2)8(10)9(11)13-7/h3-5H2,1-2H3,(H2,11,12,13). The molecule has 0 amide bonds. The summed E-state index contributed by atoms with van der Waals surface area (Å²) in [5.41, 5.74) is 5.71. The van der Waals surface area contributed by atoms with E-state index in [2.05, 4.69) is 16.9 Å². The molecule has 0 atom stereocenters. The molecule has 0 saturated carbocycles. The van der Waals surface area contributed by atoms with Crippen LogP contribution in [0.4, 0.5) is 10.2 Å². The van der Waals surface area contributed by atoms with E-state index in [9.17, 15) is 4.39 Å². The summed E-state index contributed by atoms with van der Waals surface area (Å²) in [7, 11) is 0. The number of nitrogens with zero attached hydrogens (tertiary/aromatic N) is 2. The second kappa shape index (κ2) is 5.14. The first-order valence-electron chi connectivity index (χ1n) is 4.51. The Balaban J connectivity index is 2.69. The lowest BCUT2D eigenvalue weighted by molar-refractivity contribution is 0.604. The highest BCUT2D eigenvalue weighted by molar-refractivity contribution is 7.98. The van der Waals surface area contributed by atoms with Crippen LogP contribution in [0.1, 0.15) is 24.9 Å². The van der Waals surface area contributed by atoms with Crippen LogP contribution < -0.4 is 5.73 Å². The monoisotopic (exact) mass is 215 g/mol.